The van der Waals surface area contributed by atoms with Crippen LogP contribution in [0.2, 0.25) is 10.0 Å². The monoisotopic (exact) mass is 527 g/mol. The summed E-state index contributed by atoms with van der Waals surface area (Å²) in [6.45, 7) is 14.0. The summed E-state index contributed by atoms with van der Waals surface area (Å²) in [6, 6.07) is 5.45. The van der Waals surface area contributed by atoms with Crippen LogP contribution in [0.4, 0.5) is 0 Å². The zero-order valence-corrected chi connectivity index (χ0v) is 20.3. The molecule has 1 heterocycles. The molecule has 2 rings (SSSR count). The fraction of sp³-hybridized carbons (Fsp3) is 0.632. The van der Waals surface area contributed by atoms with E-state index in [1.54, 1.807) is 6.07 Å². The molecule has 2 atom stereocenters. The van der Waals surface area contributed by atoms with E-state index in [0.717, 1.165) is 44.8 Å². The van der Waals surface area contributed by atoms with Gasteiger partial charge in [-0.3, -0.25) is 4.99 Å². The standard InChI is InChI=1S/C19H31Cl2N5.HI/c1-4-25-7-9-26(10-8-25)13-14(2)12-23-19(22)24-15(3)17-6-5-16(20)11-18(17)21;/h5-6,11,14-15H,4,7-10,12-13H2,1-3H3,(H3,22,23,24);1H. The molecule has 0 spiro atoms. The van der Waals surface area contributed by atoms with E-state index in [2.05, 4.69) is 34.0 Å². The van der Waals surface area contributed by atoms with Crippen LogP contribution in [0.5, 0.6) is 0 Å². The molecule has 8 heteroatoms. The number of halogens is 3. The maximum atomic E-state index is 6.25. The normalized spacial score (nSPS) is 18.6. The summed E-state index contributed by atoms with van der Waals surface area (Å²) in [7, 11) is 0. The van der Waals surface area contributed by atoms with Crippen molar-refractivity contribution in [1.29, 1.82) is 0 Å². The zero-order chi connectivity index (χ0) is 19.1. The van der Waals surface area contributed by atoms with Gasteiger partial charge in [-0.05, 0) is 37.1 Å². The lowest BCUT2D eigenvalue weighted by atomic mass is 10.1. The molecule has 27 heavy (non-hydrogen) atoms. The fourth-order valence-corrected chi connectivity index (χ4v) is 3.81. The summed E-state index contributed by atoms with van der Waals surface area (Å²) in [5.74, 6) is 0.920. The van der Waals surface area contributed by atoms with Gasteiger partial charge in [-0.15, -0.1) is 24.0 Å². The molecule has 5 nitrogen and oxygen atoms in total. The molecular weight excluding hydrogens is 496 g/mol. The predicted octanol–water partition coefficient (Wildman–Crippen LogP) is 3.85. The highest BCUT2D eigenvalue weighted by molar-refractivity contribution is 14.0. The summed E-state index contributed by atoms with van der Waals surface area (Å²) < 4.78 is 0. The molecule has 1 aliphatic rings. The number of piperazine rings is 1. The third kappa shape index (κ3) is 8.31. The molecule has 1 aromatic rings. The van der Waals surface area contributed by atoms with Crippen molar-refractivity contribution in [3.8, 4) is 0 Å². The zero-order valence-electron chi connectivity index (χ0n) is 16.4. The second-order valence-corrected chi connectivity index (χ2v) is 7.94. The lowest BCUT2D eigenvalue weighted by molar-refractivity contribution is 0.125. The average Bonchev–Trinajstić information content (AvgIpc) is 2.60. The topological polar surface area (TPSA) is 56.9 Å². The average molecular weight is 528 g/mol. The van der Waals surface area contributed by atoms with E-state index in [0.29, 0.717) is 28.5 Å². The molecule has 1 aromatic carbocycles. The van der Waals surface area contributed by atoms with Crippen molar-refractivity contribution < 1.29 is 0 Å². The van der Waals surface area contributed by atoms with E-state index in [1.807, 2.05) is 19.1 Å². The van der Waals surface area contributed by atoms with Crippen LogP contribution < -0.4 is 11.1 Å². The Morgan fingerprint density at radius 1 is 1.19 bits per heavy atom. The predicted molar refractivity (Wildman–Crippen MR) is 128 cm³/mol. The van der Waals surface area contributed by atoms with Crippen LogP contribution in [-0.2, 0) is 0 Å². The van der Waals surface area contributed by atoms with Crippen molar-refractivity contribution in [2.45, 2.75) is 26.8 Å². The molecule has 0 radical (unpaired) electrons. The number of likely N-dealkylation sites (N-methyl/N-ethyl adjacent to an activating group) is 1. The second kappa shape index (κ2) is 12.3. The maximum Gasteiger partial charge on any atom is 0.189 e. The fourth-order valence-electron chi connectivity index (χ4n) is 3.24. The highest BCUT2D eigenvalue weighted by atomic mass is 127. The molecule has 0 aromatic heterocycles. The first-order valence-electron chi connectivity index (χ1n) is 9.35. The molecule has 0 bridgehead atoms. The Balaban J connectivity index is 0.00000364. The van der Waals surface area contributed by atoms with Crippen LogP contribution in [0.15, 0.2) is 23.2 Å². The highest BCUT2D eigenvalue weighted by Crippen LogP contribution is 2.25. The number of nitrogens with one attached hydrogen (secondary N) is 1. The third-order valence-corrected chi connectivity index (χ3v) is 5.41. The van der Waals surface area contributed by atoms with Crippen molar-refractivity contribution in [2.24, 2.45) is 16.6 Å². The highest BCUT2D eigenvalue weighted by Gasteiger charge is 2.17. The number of nitrogens with zero attached hydrogens (tertiary/aromatic N) is 3. The second-order valence-electron chi connectivity index (χ2n) is 7.10. The van der Waals surface area contributed by atoms with Gasteiger partial charge in [0.05, 0.1) is 6.04 Å². The van der Waals surface area contributed by atoms with Crippen molar-refractivity contribution in [3.63, 3.8) is 0 Å². The Morgan fingerprint density at radius 3 is 2.41 bits per heavy atom. The molecular formula is C19H32Cl2IN5. The first-order valence-corrected chi connectivity index (χ1v) is 10.1. The van der Waals surface area contributed by atoms with Crippen molar-refractivity contribution in [1.82, 2.24) is 15.1 Å². The minimum absolute atomic E-state index is 0. The number of aliphatic imine (C=N–C) groups is 1. The van der Waals surface area contributed by atoms with Crippen molar-refractivity contribution >= 4 is 53.1 Å². The Bertz CT molecular complexity index is 606. The Hall–Kier alpha value is -0.280. The molecule has 1 aliphatic heterocycles. The first kappa shape index (κ1) is 24.8. The van der Waals surface area contributed by atoms with E-state index < -0.39 is 0 Å². The number of benzene rings is 1. The summed E-state index contributed by atoms with van der Waals surface area (Å²) in [5.41, 5.74) is 7.01. The molecule has 1 saturated heterocycles. The first-order chi connectivity index (χ1) is 12.4. The Morgan fingerprint density at radius 2 is 1.81 bits per heavy atom. The lowest BCUT2D eigenvalue weighted by Gasteiger charge is -2.35. The molecule has 0 aliphatic carbocycles. The van der Waals surface area contributed by atoms with E-state index in [4.69, 9.17) is 28.9 Å². The van der Waals surface area contributed by atoms with Crippen LogP contribution in [0, 0.1) is 5.92 Å². The number of hydrogen-bond acceptors (Lipinski definition) is 3. The van der Waals surface area contributed by atoms with E-state index in [9.17, 15) is 0 Å². The van der Waals surface area contributed by atoms with E-state index >= 15 is 0 Å². The molecule has 0 saturated carbocycles. The van der Waals surface area contributed by atoms with Gasteiger partial charge < -0.3 is 20.9 Å². The van der Waals surface area contributed by atoms with Gasteiger partial charge in [-0.25, -0.2) is 0 Å². The molecule has 3 N–H and O–H groups in total. The quantitative estimate of drug-likeness (QED) is 0.321. The van der Waals surface area contributed by atoms with Gasteiger partial charge >= 0.3 is 0 Å². The number of hydrogen-bond donors (Lipinski definition) is 2. The van der Waals surface area contributed by atoms with Crippen LogP contribution in [0.3, 0.4) is 0 Å². The Labute approximate surface area is 190 Å². The van der Waals surface area contributed by atoms with Crippen molar-refractivity contribution in [2.75, 3.05) is 45.8 Å². The Kier molecular flexibility index (Phi) is 11.3. The molecule has 154 valence electrons. The third-order valence-electron chi connectivity index (χ3n) is 4.85. The SMILES string of the molecule is CCN1CCN(CC(C)CN=C(N)NC(C)c2ccc(Cl)cc2Cl)CC1.I. The van der Waals surface area contributed by atoms with Gasteiger partial charge in [-0.2, -0.15) is 0 Å². The number of nitrogens with two attached hydrogens (primary N) is 1. The van der Waals surface area contributed by atoms with E-state index in [-0.39, 0.29) is 30.0 Å². The van der Waals surface area contributed by atoms with Crippen molar-refractivity contribution in [3.05, 3.63) is 33.8 Å². The smallest absolute Gasteiger partial charge is 0.189 e. The van der Waals surface area contributed by atoms with Crippen LogP contribution >= 0.6 is 47.2 Å². The van der Waals surface area contributed by atoms with E-state index in [1.165, 1.54) is 0 Å². The van der Waals surface area contributed by atoms with Crippen LogP contribution in [0.1, 0.15) is 32.4 Å². The van der Waals surface area contributed by atoms with Gasteiger partial charge in [0.15, 0.2) is 5.96 Å². The molecule has 1 fully saturated rings. The van der Waals surface area contributed by atoms with Gasteiger partial charge in [0.2, 0.25) is 0 Å². The van der Waals surface area contributed by atoms with Crippen LogP contribution in [-0.4, -0.2) is 61.6 Å². The maximum absolute atomic E-state index is 6.25. The van der Waals surface area contributed by atoms with Crippen LogP contribution in [0.25, 0.3) is 0 Å². The van der Waals surface area contributed by atoms with Gasteiger partial charge in [0.25, 0.3) is 0 Å². The summed E-state index contributed by atoms with van der Waals surface area (Å²) in [6.07, 6.45) is 0. The van der Waals surface area contributed by atoms with Gasteiger partial charge in [0.1, 0.15) is 0 Å². The van der Waals surface area contributed by atoms with Gasteiger partial charge in [-0.1, -0.05) is 43.1 Å². The largest absolute Gasteiger partial charge is 0.370 e. The lowest BCUT2D eigenvalue weighted by Crippen LogP contribution is -2.47. The molecule has 2 unspecified atom stereocenters. The number of rotatable bonds is 7. The summed E-state index contributed by atoms with van der Waals surface area (Å²) in [5, 5.41) is 4.46. The minimum Gasteiger partial charge on any atom is -0.370 e. The summed E-state index contributed by atoms with van der Waals surface area (Å²) >= 11 is 12.2. The number of guanidine groups is 1. The van der Waals surface area contributed by atoms with Gasteiger partial charge in [0, 0.05) is 49.3 Å². The summed E-state index contributed by atoms with van der Waals surface area (Å²) in [4.78, 5) is 9.52. The molecule has 0 amide bonds. The minimum atomic E-state index is -0.0269.